The lowest BCUT2D eigenvalue weighted by molar-refractivity contribution is 0.0379. The average Bonchev–Trinajstić information content (AvgIpc) is 2.49. The second-order valence-corrected chi connectivity index (χ2v) is 7.52. The smallest absolute Gasteiger partial charge is 0.340 e. The highest BCUT2D eigenvalue weighted by Crippen LogP contribution is 2.23. The standard InChI is InChI=1S/C18H21NO4S/c1-12(2)23-18(20)15-7-5-6-8-16(15)19-24(21,22)17-11-13(3)9-10-14(17)4/h5-12,19H,1-4H3. The summed E-state index contributed by atoms with van der Waals surface area (Å²) < 4.78 is 33.1. The number of aryl methyl sites for hydroxylation is 2. The van der Waals surface area contributed by atoms with E-state index < -0.39 is 16.0 Å². The molecule has 0 amide bonds. The lowest BCUT2D eigenvalue weighted by Gasteiger charge is -2.15. The van der Waals surface area contributed by atoms with E-state index in [2.05, 4.69) is 4.72 Å². The van der Waals surface area contributed by atoms with Gasteiger partial charge in [0.25, 0.3) is 10.0 Å². The van der Waals surface area contributed by atoms with Gasteiger partial charge >= 0.3 is 5.97 Å². The molecular weight excluding hydrogens is 326 g/mol. The molecule has 0 aliphatic carbocycles. The molecule has 0 fully saturated rings. The van der Waals surface area contributed by atoms with Crippen molar-refractivity contribution in [3.8, 4) is 0 Å². The number of nitrogens with one attached hydrogen (secondary N) is 1. The summed E-state index contributed by atoms with van der Waals surface area (Å²) in [6.45, 7) is 7.03. The van der Waals surface area contributed by atoms with Crippen molar-refractivity contribution < 1.29 is 17.9 Å². The van der Waals surface area contributed by atoms with Crippen LogP contribution in [0.1, 0.15) is 35.3 Å². The lowest BCUT2D eigenvalue weighted by Crippen LogP contribution is -2.18. The maximum Gasteiger partial charge on any atom is 0.340 e. The van der Waals surface area contributed by atoms with Gasteiger partial charge in [-0.05, 0) is 57.0 Å². The molecule has 0 bridgehead atoms. The molecule has 24 heavy (non-hydrogen) atoms. The first-order valence-corrected chi connectivity index (χ1v) is 9.09. The van der Waals surface area contributed by atoms with Crippen molar-refractivity contribution >= 4 is 21.7 Å². The highest BCUT2D eigenvalue weighted by molar-refractivity contribution is 7.92. The second-order valence-electron chi connectivity index (χ2n) is 5.87. The minimum Gasteiger partial charge on any atom is -0.459 e. The fourth-order valence-electron chi connectivity index (χ4n) is 2.22. The Balaban J connectivity index is 2.40. The van der Waals surface area contributed by atoms with E-state index >= 15 is 0 Å². The molecule has 0 radical (unpaired) electrons. The molecule has 1 N–H and O–H groups in total. The number of ether oxygens (including phenoxy) is 1. The zero-order valence-corrected chi connectivity index (χ0v) is 15.0. The largest absolute Gasteiger partial charge is 0.459 e. The van der Waals surface area contributed by atoms with Gasteiger partial charge in [-0.1, -0.05) is 24.3 Å². The van der Waals surface area contributed by atoms with Crippen LogP contribution in [-0.2, 0) is 14.8 Å². The van der Waals surface area contributed by atoms with Gasteiger partial charge in [0.05, 0.1) is 22.3 Å². The number of carbonyl (C=O) groups excluding carboxylic acids is 1. The number of rotatable bonds is 5. The van der Waals surface area contributed by atoms with Crippen molar-refractivity contribution in [2.45, 2.75) is 38.7 Å². The number of esters is 1. The summed E-state index contributed by atoms with van der Waals surface area (Å²) in [5.74, 6) is -0.565. The second kappa shape index (κ2) is 7.05. The van der Waals surface area contributed by atoms with Gasteiger partial charge in [-0.2, -0.15) is 0 Å². The van der Waals surface area contributed by atoms with Crippen molar-refractivity contribution in [2.75, 3.05) is 4.72 Å². The van der Waals surface area contributed by atoms with Crippen LogP contribution in [0.5, 0.6) is 0 Å². The van der Waals surface area contributed by atoms with Crippen LogP contribution in [0, 0.1) is 13.8 Å². The molecule has 0 heterocycles. The van der Waals surface area contributed by atoms with Crippen molar-refractivity contribution in [3.05, 3.63) is 59.2 Å². The van der Waals surface area contributed by atoms with Crippen LogP contribution in [0.25, 0.3) is 0 Å². The third-order valence-electron chi connectivity index (χ3n) is 3.37. The maximum atomic E-state index is 12.7. The van der Waals surface area contributed by atoms with Crippen LogP contribution in [0.15, 0.2) is 47.4 Å². The van der Waals surface area contributed by atoms with E-state index in [1.807, 2.05) is 13.0 Å². The van der Waals surface area contributed by atoms with Crippen LogP contribution >= 0.6 is 0 Å². The number of hydrogen-bond acceptors (Lipinski definition) is 4. The number of anilines is 1. The Morgan fingerprint density at radius 1 is 1.08 bits per heavy atom. The predicted octanol–water partition coefficient (Wildman–Crippen LogP) is 3.67. The van der Waals surface area contributed by atoms with Crippen LogP contribution in [0.4, 0.5) is 5.69 Å². The number of benzene rings is 2. The molecule has 2 aromatic carbocycles. The SMILES string of the molecule is Cc1ccc(C)c(S(=O)(=O)Nc2ccccc2C(=O)OC(C)C)c1. The van der Waals surface area contributed by atoms with Crippen LogP contribution in [0.2, 0.25) is 0 Å². The maximum absolute atomic E-state index is 12.7. The molecule has 2 rings (SSSR count). The minimum absolute atomic E-state index is 0.181. The van der Waals surface area contributed by atoms with Gasteiger partial charge in [0.1, 0.15) is 0 Å². The topological polar surface area (TPSA) is 72.5 Å². The van der Waals surface area contributed by atoms with Crippen molar-refractivity contribution in [3.63, 3.8) is 0 Å². The van der Waals surface area contributed by atoms with E-state index in [4.69, 9.17) is 4.74 Å². The summed E-state index contributed by atoms with van der Waals surface area (Å²) >= 11 is 0. The lowest BCUT2D eigenvalue weighted by atomic mass is 10.2. The number of carbonyl (C=O) groups is 1. The van der Waals surface area contributed by atoms with Gasteiger partial charge < -0.3 is 4.74 Å². The number of para-hydroxylation sites is 1. The molecule has 0 saturated carbocycles. The Kier molecular flexibility index (Phi) is 5.29. The zero-order valence-electron chi connectivity index (χ0n) is 14.2. The van der Waals surface area contributed by atoms with Gasteiger partial charge in [0.15, 0.2) is 0 Å². The third-order valence-corrected chi connectivity index (χ3v) is 4.87. The predicted molar refractivity (Wildman–Crippen MR) is 93.7 cm³/mol. The molecule has 0 saturated heterocycles. The van der Waals surface area contributed by atoms with Crippen molar-refractivity contribution in [1.29, 1.82) is 0 Å². The monoisotopic (exact) mass is 347 g/mol. The Labute approximate surface area is 142 Å². The molecule has 0 aromatic heterocycles. The summed E-state index contributed by atoms with van der Waals surface area (Å²) in [7, 11) is -3.81. The molecular formula is C18H21NO4S. The highest BCUT2D eigenvalue weighted by atomic mass is 32.2. The minimum atomic E-state index is -3.81. The van der Waals surface area contributed by atoms with E-state index in [1.54, 1.807) is 51.1 Å². The highest BCUT2D eigenvalue weighted by Gasteiger charge is 2.21. The van der Waals surface area contributed by atoms with E-state index in [0.29, 0.717) is 5.56 Å². The molecule has 0 aliphatic heterocycles. The van der Waals surface area contributed by atoms with Gasteiger partial charge in [0, 0.05) is 0 Å². The van der Waals surface area contributed by atoms with Gasteiger partial charge in [-0.15, -0.1) is 0 Å². The molecule has 0 spiro atoms. The summed E-state index contributed by atoms with van der Waals surface area (Å²) in [5.41, 5.74) is 1.85. The van der Waals surface area contributed by atoms with Crippen LogP contribution < -0.4 is 4.72 Å². The Hall–Kier alpha value is -2.34. The Morgan fingerprint density at radius 3 is 2.42 bits per heavy atom. The van der Waals surface area contributed by atoms with E-state index in [-0.39, 0.29) is 22.3 Å². The molecule has 6 heteroatoms. The van der Waals surface area contributed by atoms with Crippen LogP contribution in [-0.4, -0.2) is 20.5 Å². The first-order chi connectivity index (χ1) is 11.2. The van der Waals surface area contributed by atoms with E-state index in [1.165, 1.54) is 6.07 Å². The Bertz CT molecular complexity index is 857. The molecule has 0 unspecified atom stereocenters. The summed E-state index contributed by atoms with van der Waals surface area (Å²) in [6.07, 6.45) is -0.291. The van der Waals surface area contributed by atoms with Crippen molar-refractivity contribution in [2.24, 2.45) is 0 Å². The first kappa shape index (κ1) is 18.0. The van der Waals surface area contributed by atoms with E-state index in [9.17, 15) is 13.2 Å². The van der Waals surface area contributed by atoms with Gasteiger partial charge in [-0.25, -0.2) is 13.2 Å². The molecule has 2 aromatic rings. The zero-order chi connectivity index (χ0) is 17.9. The quantitative estimate of drug-likeness (QED) is 0.838. The number of sulfonamides is 1. The average molecular weight is 347 g/mol. The van der Waals surface area contributed by atoms with Gasteiger partial charge in [-0.3, -0.25) is 4.72 Å². The summed E-state index contributed by atoms with van der Waals surface area (Å²) in [4.78, 5) is 12.4. The van der Waals surface area contributed by atoms with E-state index in [0.717, 1.165) is 5.56 Å². The molecule has 128 valence electrons. The molecule has 5 nitrogen and oxygen atoms in total. The molecule has 0 atom stereocenters. The van der Waals surface area contributed by atoms with Crippen molar-refractivity contribution in [1.82, 2.24) is 0 Å². The summed E-state index contributed by atoms with van der Waals surface area (Å²) in [5, 5.41) is 0. The summed E-state index contributed by atoms with van der Waals surface area (Å²) in [6, 6.07) is 11.6. The number of hydrogen-bond donors (Lipinski definition) is 1. The van der Waals surface area contributed by atoms with Crippen LogP contribution in [0.3, 0.4) is 0 Å². The third kappa shape index (κ3) is 4.14. The normalized spacial score (nSPS) is 11.4. The fourth-order valence-corrected chi connectivity index (χ4v) is 3.63. The van der Waals surface area contributed by atoms with Gasteiger partial charge in [0.2, 0.25) is 0 Å². The molecule has 0 aliphatic rings. The fraction of sp³-hybridized carbons (Fsp3) is 0.278. The Morgan fingerprint density at radius 2 is 1.75 bits per heavy atom. The first-order valence-electron chi connectivity index (χ1n) is 7.61.